The lowest BCUT2D eigenvalue weighted by Gasteiger charge is -2.17. The van der Waals surface area contributed by atoms with Gasteiger partial charge >= 0.3 is 0 Å². The molecule has 0 saturated heterocycles. The molecular formula is C25H19N7O. The molecule has 0 unspecified atom stereocenters. The van der Waals surface area contributed by atoms with E-state index in [1.165, 1.54) is 4.90 Å². The predicted octanol–water partition coefficient (Wildman–Crippen LogP) is 3.95. The van der Waals surface area contributed by atoms with Crippen molar-refractivity contribution >= 4 is 17.2 Å². The summed E-state index contributed by atoms with van der Waals surface area (Å²) in [7, 11) is 3.59. The third-order valence-corrected chi connectivity index (χ3v) is 5.60. The van der Waals surface area contributed by atoms with Gasteiger partial charge in [-0.05, 0) is 35.9 Å². The zero-order valence-corrected chi connectivity index (χ0v) is 18.0. The van der Waals surface area contributed by atoms with Crippen molar-refractivity contribution in [1.82, 2.24) is 24.1 Å². The van der Waals surface area contributed by atoms with Crippen LogP contribution in [0.4, 0.5) is 5.69 Å². The van der Waals surface area contributed by atoms with Gasteiger partial charge in [0.05, 0.1) is 35.4 Å². The molecule has 0 N–H and O–H groups in total. The molecule has 0 aliphatic carbocycles. The van der Waals surface area contributed by atoms with Crippen LogP contribution < -0.4 is 4.90 Å². The lowest BCUT2D eigenvalue weighted by molar-refractivity contribution is 0.0988. The van der Waals surface area contributed by atoms with E-state index >= 15 is 0 Å². The Hall–Kier alpha value is -4.77. The summed E-state index contributed by atoms with van der Waals surface area (Å²) in [5.74, 6) is -0.257. The molecular weight excluding hydrogens is 414 g/mol. The molecule has 0 atom stereocenters. The second-order valence-electron chi connectivity index (χ2n) is 7.58. The maximum Gasteiger partial charge on any atom is 0.278 e. The van der Waals surface area contributed by atoms with E-state index in [9.17, 15) is 4.79 Å². The third-order valence-electron chi connectivity index (χ3n) is 5.60. The second kappa shape index (κ2) is 8.05. The highest BCUT2D eigenvalue weighted by Gasteiger charge is 2.17. The smallest absolute Gasteiger partial charge is 0.278 e. The normalized spacial score (nSPS) is 10.8. The average Bonchev–Trinajstić information content (AvgIpc) is 3.49. The number of fused-ring (bicyclic) bond motifs is 1. The summed E-state index contributed by atoms with van der Waals surface area (Å²) in [5, 5.41) is 13.2. The molecule has 160 valence electrons. The Morgan fingerprint density at radius 1 is 0.939 bits per heavy atom. The zero-order valence-electron chi connectivity index (χ0n) is 18.0. The Labute approximate surface area is 190 Å². The van der Waals surface area contributed by atoms with E-state index in [0.717, 1.165) is 22.5 Å². The van der Waals surface area contributed by atoms with Crippen LogP contribution in [0.25, 0.3) is 28.2 Å². The molecule has 8 heteroatoms. The first-order chi connectivity index (χ1) is 16.0. The van der Waals surface area contributed by atoms with Crippen LogP contribution in [-0.2, 0) is 7.05 Å². The van der Waals surface area contributed by atoms with Gasteiger partial charge in [0.25, 0.3) is 5.91 Å². The molecule has 5 rings (SSSR count). The number of carbonyl (C=O) groups excluding carboxylic acids is 1. The third kappa shape index (κ3) is 3.62. The van der Waals surface area contributed by atoms with Crippen LogP contribution in [-0.4, -0.2) is 37.1 Å². The molecule has 0 radical (unpaired) electrons. The lowest BCUT2D eigenvalue weighted by atomic mass is 10.1. The van der Waals surface area contributed by atoms with Crippen LogP contribution in [0.2, 0.25) is 0 Å². The quantitative estimate of drug-likeness (QED) is 0.428. The standard InChI is InChI=1S/C25H19N7O/c1-30(20-9-3-17(13-26)4-10-20)25(33)21-16-32-23(14-28-24(32)15-27-21)19-7-5-18(6-8-19)22-11-12-29-31(22)2/h3-12,14-16H,1-2H3. The molecule has 0 aliphatic rings. The lowest BCUT2D eigenvalue weighted by Crippen LogP contribution is -2.27. The van der Waals surface area contributed by atoms with Crippen molar-refractivity contribution in [2.24, 2.45) is 7.05 Å². The van der Waals surface area contributed by atoms with E-state index < -0.39 is 0 Å². The Bertz CT molecular complexity index is 1510. The van der Waals surface area contributed by atoms with Gasteiger partial charge in [-0.3, -0.25) is 13.9 Å². The number of aromatic nitrogens is 5. The number of imidazole rings is 1. The summed E-state index contributed by atoms with van der Waals surface area (Å²) < 4.78 is 3.70. The van der Waals surface area contributed by atoms with Gasteiger partial charge in [0.1, 0.15) is 5.69 Å². The van der Waals surface area contributed by atoms with E-state index in [1.54, 1.807) is 56.1 Å². The van der Waals surface area contributed by atoms with Crippen molar-refractivity contribution in [2.45, 2.75) is 0 Å². The van der Waals surface area contributed by atoms with Crippen LogP contribution in [0.5, 0.6) is 0 Å². The number of amides is 1. The largest absolute Gasteiger partial charge is 0.310 e. The van der Waals surface area contributed by atoms with Crippen molar-refractivity contribution in [3.8, 4) is 28.6 Å². The topological polar surface area (TPSA) is 92.1 Å². The summed E-state index contributed by atoms with van der Waals surface area (Å²) in [6, 6.07) is 19.0. The fourth-order valence-electron chi connectivity index (χ4n) is 3.73. The van der Waals surface area contributed by atoms with Crippen LogP contribution in [0.3, 0.4) is 0 Å². The van der Waals surface area contributed by atoms with Crippen LogP contribution >= 0.6 is 0 Å². The minimum absolute atomic E-state index is 0.257. The predicted molar refractivity (Wildman–Crippen MR) is 125 cm³/mol. The molecule has 5 aromatic rings. The van der Waals surface area contributed by atoms with Crippen molar-refractivity contribution in [3.63, 3.8) is 0 Å². The van der Waals surface area contributed by atoms with Gasteiger partial charge in [-0.15, -0.1) is 0 Å². The molecule has 8 nitrogen and oxygen atoms in total. The molecule has 2 aromatic carbocycles. The van der Waals surface area contributed by atoms with Crippen molar-refractivity contribution < 1.29 is 4.79 Å². The molecule has 0 bridgehead atoms. The number of carbonyl (C=O) groups is 1. The van der Waals surface area contributed by atoms with E-state index in [0.29, 0.717) is 22.6 Å². The van der Waals surface area contributed by atoms with Gasteiger partial charge in [0, 0.05) is 37.7 Å². The minimum Gasteiger partial charge on any atom is -0.310 e. The van der Waals surface area contributed by atoms with Gasteiger partial charge in [-0.1, -0.05) is 24.3 Å². The Kier molecular flexibility index (Phi) is 4.92. The summed E-state index contributed by atoms with van der Waals surface area (Å²) in [4.78, 5) is 23.3. The maximum absolute atomic E-state index is 13.1. The van der Waals surface area contributed by atoms with Crippen LogP contribution in [0.1, 0.15) is 16.1 Å². The molecule has 0 fully saturated rings. The fraction of sp³-hybridized carbons (Fsp3) is 0.0800. The van der Waals surface area contributed by atoms with Gasteiger partial charge in [0.2, 0.25) is 0 Å². The average molecular weight is 433 g/mol. The Balaban J connectivity index is 1.47. The molecule has 33 heavy (non-hydrogen) atoms. The van der Waals surface area contributed by atoms with Crippen molar-refractivity contribution in [2.75, 3.05) is 11.9 Å². The fourth-order valence-corrected chi connectivity index (χ4v) is 3.73. The SMILES string of the molecule is CN(C(=O)c1cn2c(-c3ccc(-c4ccnn4C)cc3)cnc2cn1)c1ccc(C#N)cc1. The second-order valence-corrected chi connectivity index (χ2v) is 7.58. The summed E-state index contributed by atoms with van der Waals surface area (Å²) in [5.41, 5.74) is 6.08. The maximum atomic E-state index is 13.1. The van der Waals surface area contributed by atoms with Crippen LogP contribution in [0.15, 0.2) is 79.4 Å². The number of hydrogen-bond donors (Lipinski definition) is 0. The highest BCUT2D eigenvalue weighted by Crippen LogP contribution is 2.25. The molecule has 3 aromatic heterocycles. The molecule has 1 amide bonds. The minimum atomic E-state index is -0.257. The summed E-state index contributed by atoms with van der Waals surface area (Å²) >= 11 is 0. The van der Waals surface area contributed by atoms with E-state index in [2.05, 4.69) is 21.1 Å². The first-order valence-corrected chi connectivity index (χ1v) is 10.3. The number of benzene rings is 2. The monoisotopic (exact) mass is 433 g/mol. The van der Waals surface area contributed by atoms with E-state index in [4.69, 9.17) is 5.26 Å². The molecule has 0 saturated carbocycles. The first kappa shape index (κ1) is 20.2. The number of hydrogen-bond acceptors (Lipinski definition) is 5. The van der Waals surface area contributed by atoms with E-state index in [1.807, 2.05) is 46.5 Å². The number of nitrogens with zero attached hydrogens (tertiary/aromatic N) is 7. The van der Waals surface area contributed by atoms with Gasteiger partial charge in [0.15, 0.2) is 5.65 Å². The molecule has 3 heterocycles. The van der Waals surface area contributed by atoms with Crippen molar-refractivity contribution in [3.05, 3.63) is 90.6 Å². The summed E-state index contributed by atoms with van der Waals surface area (Å²) in [6.07, 6.45) is 6.84. The van der Waals surface area contributed by atoms with Crippen LogP contribution in [0, 0.1) is 11.3 Å². The van der Waals surface area contributed by atoms with Gasteiger partial charge < -0.3 is 4.90 Å². The Morgan fingerprint density at radius 3 is 2.27 bits per heavy atom. The highest BCUT2D eigenvalue weighted by molar-refractivity contribution is 6.04. The molecule has 0 aliphatic heterocycles. The number of rotatable bonds is 4. The van der Waals surface area contributed by atoms with Gasteiger partial charge in [-0.2, -0.15) is 10.4 Å². The zero-order chi connectivity index (χ0) is 22.9. The Morgan fingerprint density at radius 2 is 1.64 bits per heavy atom. The number of nitriles is 1. The first-order valence-electron chi connectivity index (χ1n) is 10.3. The van der Waals surface area contributed by atoms with Gasteiger partial charge in [-0.25, -0.2) is 9.97 Å². The summed E-state index contributed by atoms with van der Waals surface area (Å²) in [6.45, 7) is 0. The number of aryl methyl sites for hydroxylation is 1. The highest BCUT2D eigenvalue weighted by atomic mass is 16.2. The number of anilines is 1. The van der Waals surface area contributed by atoms with E-state index in [-0.39, 0.29) is 5.91 Å². The van der Waals surface area contributed by atoms with Crippen molar-refractivity contribution in [1.29, 1.82) is 5.26 Å². The molecule has 0 spiro atoms.